The third kappa shape index (κ3) is 1.91. The van der Waals surface area contributed by atoms with Crippen LogP contribution >= 0.6 is 11.3 Å². The summed E-state index contributed by atoms with van der Waals surface area (Å²) in [7, 11) is 0. The highest BCUT2D eigenvalue weighted by atomic mass is 32.1. The van der Waals surface area contributed by atoms with Crippen molar-refractivity contribution in [1.82, 2.24) is 19.6 Å². The number of nitrogens with one attached hydrogen (secondary N) is 1. The highest BCUT2D eigenvalue weighted by molar-refractivity contribution is 7.15. The van der Waals surface area contributed by atoms with E-state index >= 15 is 0 Å². The van der Waals surface area contributed by atoms with E-state index in [1.54, 1.807) is 11.3 Å². The van der Waals surface area contributed by atoms with Gasteiger partial charge in [-0.05, 0) is 13.8 Å². The molecule has 0 radical (unpaired) electrons. The number of thiazole rings is 1. The number of hydrogen-bond acceptors (Lipinski definition) is 4. The lowest BCUT2D eigenvalue weighted by Gasteiger charge is -2.37. The summed E-state index contributed by atoms with van der Waals surface area (Å²) in [6.45, 7) is 6.02. The number of piperazine rings is 1. The van der Waals surface area contributed by atoms with Gasteiger partial charge in [0.15, 0.2) is 4.96 Å². The molecule has 2 aromatic heterocycles. The second kappa shape index (κ2) is 4.07. The number of nitrogens with zero attached hydrogens (tertiary/aromatic N) is 3. The van der Waals surface area contributed by atoms with Gasteiger partial charge in [-0.1, -0.05) is 0 Å². The van der Waals surface area contributed by atoms with Crippen molar-refractivity contribution in [3.05, 3.63) is 23.5 Å². The molecule has 6 heteroatoms. The van der Waals surface area contributed by atoms with Crippen LogP contribution in [0.5, 0.6) is 0 Å². The molecule has 96 valence electrons. The molecule has 0 saturated carbocycles. The average Bonchev–Trinajstić information content (AvgIpc) is 2.85. The van der Waals surface area contributed by atoms with Crippen molar-refractivity contribution in [3.63, 3.8) is 0 Å². The minimum absolute atomic E-state index is 0.144. The summed E-state index contributed by atoms with van der Waals surface area (Å²) in [5.41, 5.74) is 0.489. The predicted molar refractivity (Wildman–Crippen MR) is 70.6 cm³/mol. The van der Waals surface area contributed by atoms with Gasteiger partial charge in [-0.3, -0.25) is 9.20 Å². The summed E-state index contributed by atoms with van der Waals surface area (Å²) >= 11 is 1.61. The van der Waals surface area contributed by atoms with Crippen molar-refractivity contribution < 1.29 is 4.79 Å². The van der Waals surface area contributed by atoms with E-state index in [-0.39, 0.29) is 5.91 Å². The highest BCUT2D eigenvalue weighted by Crippen LogP contribution is 2.17. The van der Waals surface area contributed by atoms with Gasteiger partial charge < -0.3 is 10.2 Å². The summed E-state index contributed by atoms with van der Waals surface area (Å²) in [5, 5.41) is 5.24. The van der Waals surface area contributed by atoms with Gasteiger partial charge in [0.25, 0.3) is 0 Å². The minimum Gasteiger partial charge on any atom is -0.334 e. The molecule has 1 N–H and O–H groups in total. The Kier molecular flexibility index (Phi) is 2.64. The van der Waals surface area contributed by atoms with Crippen molar-refractivity contribution in [3.8, 4) is 0 Å². The van der Waals surface area contributed by atoms with Gasteiger partial charge in [0, 0.05) is 30.9 Å². The van der Waals surface area contributed by atoms with E-state index in [2.05, 4.69) is 10.3 Å². The lowest BCUT2D eigenvalue weighted by molar-refractivity contribution is -0.140. The molecule has 1 aliphatic rings. The fourth-order valence-corrected chi connectivity index (χ4v) is 2.99. The van der Waals surface area contributed by atoms with Crippen molar-refractivity contribution in [2.45, 2.75) is 25.9 Å². The minimum atomic E-state index is -0.463. The monoisotopic (exact) mass is 264 g/mol. The van der Waals surface area contributed by atoms with Crippen LogP contribution in [-0.2, 0) is 11.3 Å². The number of carbonyl (C=O) groups excluding carboxylic acids is 1. The summed E-state index contributed by atoms with van der Waals surface area (Å²) < 4.78 is 2.00. The number of amides is 1. The number of carbonyl (C=O) groups is 1. The number of rotatable bonds is 2. The lowest BCUT2D eigenvalue weighted by Crippen LogP contribution is -2.60. The Balaban J connectivity index is 1.80. The van der Waals surface area contributed by atoms with Gasteiger partial charge in [-0.15, -0.1) is 11.3 Å². The maximum atomic E-state index is 12.2. The fourth-order valence-electron chi connectivity index (χ4n) is 2.27. The molecular formula is C12H16N4OS. The number of fused-ring (bicyclic) bond motifs is 1. The lowest BCUT2D eigenvalue weighted by atomic mass is 10.0. The van der Waals surface area contributed by atoms with E-state index in [0.29, 0.717) is 6.54 Å². The van der Waals surface area contributed by atoms with Crippen LogP contribution in [0.25, 0.3) is 4.96 Å². The zero-order valence-electron chi connectivity index (χ0n) is 10.5. The topological polar surface area (TPSA) is 49.6 Å². The first kappa shape index (κ1) is 11.7. The second-order valence-corrected chi connectivity index (χ2v) is 5.98. The average molecular weight is 264 g/mol. The molecule has 18 heavy (non-hydrogen) atoms. The Morgan fingerprint density at radius 3 is 3.17 bits per heavy atom. The van der Waals surface area contributed by atoms with Crippen molar-refractivity contribution in [2.75, 3.05) is 13.1 Å². The molecule has 0 spiro atoms. The van der Waals surface area contributed by atoms with Crippen LogP contribution in [0.3, 0.4) is 0 Å². The maximum absolute atomic E-state index is 12.2. The molecule has 0 atom stereocenters. The van der Waals surface area contributed by atoms with Gasteiger partial charge in [-0.2, -0.15) is 0 Å². The zero-order chi connectivity index (χ0) is 12.8. The quantitative estimate of drug-likeness (QED) is 0.884. The van der Waals surface area contributed by atoms with E-state index in [9.17, 15) is 4.79 Å². The van der Waals surface area contributed by atoms with Crippen LogP contribution in [0.1, 0.15) is 19.5 Å². The molecule has 1 saturated heterocycles. The van der Waals surface area contributed by atoms with Crippen LogP contribution in [0.15, 0.2) is 17.8 Å². The van der Waals surface area contributed by atoms with Gasteiger partial charge in [0.05, 0.1) is 17.8 Å². The molecule has 1 aliphatic heterocycles. The Bertz CT molecular complexity index is 557. The normalized spacial score (nSPS) is 19.7. The number of hydrogen-bond donors (Lipinski definition) is 1. The Morgan fingerprint density at radius 1 is 1.56 bits per heavy atom. The maximum Gasteiger partial charge on any atom is 0.242 e. The van der Waals surface area contributed by atoms with E-state index in [4.69, 9.17) is 0 Å². The summed E-state index contributed by atoms with van der Waals surface area (Å²) in [6, 6.07) is 0. The first-order valence-electron chi connectivity index (χ1n) is 6.02. The molecule has 5 nitrogen and oxygen atoms in total. The summed E-state index contributed by atoms with van der Waals surface area (Å²) in [4.78, 5) is 19.6. The van der Waals surface area contributed by atoms with Gasteiger partial charge in [0.1, 0.15) is 0 Å². The third-order valence-electron chi connectivity index (χ3n) is 3.27. The van der Waals surface area contributed by atoms with Gasteiger partial charge >= 0.3 is 0 Å². The molecule has 3 heterocycles. The predicted octanol–water partition coefficient (Wildman–Crippen LogP) is 1.11. The molecule has 0 unspecified atom stereocenters. The molecule has 0 aliphatic carbocycles. The fraction of sp³-hybridized carbons (Fsp3) is 0.500. The molecule has 0 bridgehead atoms. The smallest absolute Gasteiger partial charge is 0.242 e. The Labute approximate surface area is 109 Å². The summed E-state index contributed by atoms with van der Waals surface area (Å²) in [6.07, 6.45) is 3.98. The zero-order valence-corrected chi connectivity index (χ0v) is 11.3. The van der Waals surface area contributed by atoms with E-state index in [1.165, 1.54) is 0 Å². The SMILES string of the molecule is CC1(C)NCCN(Cc2cn3ccsc3n2)C1=O. The highest BCUT2D eigenvalue weighted by Gasteiger charge is 2.35. The van der Waals surface area contributed by atoms with Crippen LogP contribution in [-0.4, -0.2) is 38.8 Å². The van der Waals surface area contributed by atoms with Gasteiger partial charge in [0.2, 0.25) is 5.91 Å². The van der Waals surface area contributed by atoms with Crippen molar-refractivity contribution in [1.29, 1.82) is 0 Å². The molecule has 2 aromatic rings. The van der Waals surface area contributed by atoms with Crippen molar-refractivity contribution >= 4 is 22.2 Å². The van der Waals surface area contributed by atoms with E-state index < -0.39 is 5.54 Å². The molecule has 3 rings (SSSR count). The van der Waals surface area contributed by atoms with Crippen molar-refractivity contribution in [2.24, 2.45) is 0 Å². The molecule has 0 aromatic carbocycles. The Hall–Kier alpha value is -1.40. The van der Waals surface area contributed by atoms with Crippen LogP contribution < -0.4 is 5.32 Å². The first-order chi connectivity index (χ1) is 8.56. The largest absolute Gasteiger partial charge is 0.334 e. The van der Waals surface area contributed by atoms with Crippen LogP contribution in [0, 0.1) is 0 Å². The number of aromatic nitrogens is 2. The molecular weight excluding hydrogens is 248 g/mol. The standard InChI is InChI=1S/C12H16N4OS/c1-12(2)10(17)15(4-3-13-12)7-9-8-16-5-6-18-11(16)14-9/h5-6,8,13H,3-4,7H2,1-2H3. The Morgan fingerprint density at radius 2 is 2.39 bits per heavy atom. The summed E-state index contributed by atoms with van der Waals surface area (Å²) in [5.74, 6) is 0.144. The third-order valence-corrected chi connectivity index (χ3v) is 4.04. The first-order valence-corrected chi connectivity index (χ1v) is 6.90. The van der Waals surface area contributed by atoms with Crippen LogP contribution in [0.2, 0.25) is 0 Å². The molecule has 1 amide bonds. The van der Waals surface area contributed by atoms with Crippen LogP contribution in [0.4, 0.5) is 0 Å². The van der Waals surface area contributed by atoms with Gasteiger partial charge in [-0.25, -0.2) is 4.98 Å². The van der Waals surface area contributed by atoms with E-state index in [0.717, 1.165) is 23.7 Å². The number of imidazole rings is 1. The molecule has 1 fully saturated rings. The van der Waals surface area contributed by atoms with E-state index in [1.807, 2.05) is 40.9 Å². The second-order valence-electron chi connectivity index (χ2n) is 5.10.